The van der Waals surface area contributed by atoms with Crippen molar-refractivity contribution in [1.29, 1.82) is 0 Å². The number of nitrogens with one attached hydrogen (secondary N) is 1. The van der Waals surface area contributed by atoms with Gasteiger partial charge in [-0.05, 0) is 48.1 Å². The summed E-state index contributed by atoms with van der Waals surface area (Å²) < 4.78 is 43.4. The van der Waals surface area contributed by atoms with Crippen LogP contribution < -0.4 is 24.7 Å². The van der Waals surface area contributed by atoms with Crippen molar-refractivity contribution in [2.75, 3.05) is 37.6 Å². The van der Waals surface area contributed by atoms with Crippen LogP contribution in [0.1, 0.15) is 28.8 Å². The first-order valence-corrected chi connectivity index (χ1v) is 12.3. The molecule has 1 amide bonds. The van der Waals surface area contributed by atoms with Gasteiger partial charge in [0.05, 0.1) is 23.4 Å². The van der Waals surface area contributed by atoms with E-state index in [1.54, 1.807) is 30.3 Å². The fraction of sp³-hybridized carbons (Fsp3) is 0.364. The molecule has 11 heteroatoms. The number of likely N-dealkylation sites (tertiary alicyclic amines) is 1. The van der Waals surface area contributed by atoms with Crippen LogP contribution in [0.5, 0.6) is 17.2 Å². The Morgan fingerprint density at radius 1 is 1.24 bits per heavy atom. The lowest BCUT2D eigenvalue weighted by Gasteiger charge is -2.35. The number of fused-ring (bicyclic) bond motifs is 2. The largest absolute Gasteiger partial charge is 0.492 e. The fourth-order valence-corrected chi connectivity index (χ4v) is 5.24. The van der Waals surface area contributed by atoms with E-state index in [0.717, 1.165) is 12.8 Å². The number of hydrogen-bond donors (Lipinski definition) is 4. The Labute approximate surface area is 193 Å². The first-order chi connectivity index (χ1) is 15.9. The summed E-state index contributed by atoms with van der Waals surface area (Å²) in [6.45, 7) is 2.51. The van der Waals surface area contributed by atoms with E-state index >= 15 is 0 Å². The summed E-state index contributed by atoms with van der Waals surface area (Å²) >= 11 is 0. The monoisotopic (exact) mass is 474 g/mol. The van der Waals surface area contributed by atoms with E-state index in [0.29, 0.717) is 67.0 Å². The van der Waals surface area contributed by atoms with E-state index in [2.05, 4.69) is 9.12 Å². The van der Waals surface area contributed by atoms with Crippen molar-refractivity contribution >= 4 is 28.4 Å². The summed E-state index contributed by atoms with van der Waals surface area (Å²) in [5.74, 6) is 1.67. The van der Waals surface area contributed by atoms with Crippen molar-refractivity contribution in [3.8, 4) is 17.2 Å². The molecule has 10 nitrogen and oxygen atoms in total. The Balaban J connectivity index is 1.27. The van der Waals surface area contributed by atoms with Gasteiger partial charge in [0.25, 0.3) is 5.91 Å². The molecule has 0 radical (unpaired) electrons. The lowest BCUT2D eigenvalue weighted by Crippen LogP contribution is -2.42. The van der Waals surface area contributed by atoms with E-state index in [1.807, 2.05) is 11.0 Å². The minimum atomic E-state index is -3.35. The molecule has 0 unspecified atom stereocenters. The molecule has 3 aliphatic rings. The smallest absolute Gasteiger partial charge is 0.257 e. The van der Waals surface area contributed by atoms with Crippen LogP contribution in [0, 0.1) is 5.92 Å². The number of carbonyl (C=O) groups excluding carboxylic acids is 1. The highest BCUT2D eigenvalue weighted by atomic mass is 32.3. The number of nitrogens with two attached hydrogens (primary N) is 1. The number of benzene rings is 2. The van der Waals surface area contributed by atoms with Gasteiger partial charge in [-0.1, -0.05) is 12.1 Å². The summed E-state index contributed by atoms with van der Waals surface area (Å²) in [4.78, 5) is 15.1. The van der Waals surface area contributed by atoms with E-state index in [-0.39, 0.29) is 17.7 Å². The van der Waals surface area contributed by atoms with Crippen LogP contribution in [-0.4, -0.2) is 58.7 Å². The topological polar surface area (TPSA) is 139 Å². The first-order valence-electron chi connectivity index (χ1n) is 10.8. The molecule has 2 aromatic rings. The van der Waals surface area contributed by atoms with Gasteiger partial charge in [0.1, 0.15) is 19.0 Å². The highest BCUT2D eigenvalue weighted by Gasteiger charge is 2.30. The SMILES string of the molecule is NC1=NS(O)(O)Nc2cccc(OC[C@H]3CCCN(C(=O)c4cccc5c4OCCO5)C3)c21. The molecule has 1 fully saturated rings. The van der Waals surface area contributed by atoms with Crippen LogP contribution in [0.25, 0.3) is 0 Å². The molecule has 2 aromatic carbocycles. The van der Waals surface area contributed by atoms with Crippen LogP contribution >= 0.6 is 11.0 Å². The Hall–Kier alpha value is -3.15. The molecule has 5 rings (SSSR count). The highest BCUT2D eigenvalue weighted by molar-refractivity contribution is 8.24. The molecular formula is C22H26N4O6S. The first kappa shape index (κ1) is 21.7. The summed E-state index contributed by atoms with van der Waals surface area (Å²) in [6.07, 6.45) is 1.79. The van der Waals surface area contributed by atoms with E-state index in [1.165, 1.54) is 0 Å². The van der Waals surface area contributed by atoms with Crippen molar-refractivity contribution in [3.05, 3.63) is 47.5 Å². The molecule has 0 aromatic heterocycles. The van der Waals surface area contributed by atoms with Crippen LogP contribution in [0.4, 0.5) is 5.69 Å². The quantitative estimate of drug-likeness (QED) is 0.530. The molecule has 3 heterocycles. The molecule has 1 saturated heterocycles. The summed E-state index contributed by atoms with van der Waals surface area (Å²) in [6, 6.07) is 10.6. The molecular weight excluding hydrogens is 448 g/mol. The van der Waals surface area contributed by atoms with Crippen LogP contribution in [0.3, 0.4) is 0 Å². The number of carbonyl (C=O) groups is 1. The van der Waals surface area contributed by atoms with E-state index < -0.39 is 11.0 Å². The van der Waals surface area contributed by atoms with Gasteiger partial charge in [-0.25, -0.2) is 0 Å². The van der Waals surface area contributed by atoms with Gasteiger partial charge in [0.2, 0.25) is 0 Å². The molecule has 0 bridgehead atoms. The van der Waals surface area contributed by atoms with Crippen molar-refractivity contribution in [2.24, 2.45) is 16.0 Å². The molecule has 1 atom stereocenters. The lowest BCUT2D eigenvalue weighted by molar-refractivity contribution is 0.0624. The molecule has 0 spiro atoms. The molecule has 3 aliphatic heterocycles. The van der Waals surface area contributed by atoms with Gasteiger partial charge >= 0.3 is 0 Å². The predicted molar refractivity (Wildman–Crippen MR) is 125 cm³/mol. The third-order valence-corrected chi connectivity index (χ3v) is 6.78. The standard InChI is InChI=1S/C22H26N4O6S/c23-21-19-16(24-33(28,29)25-21)6-2-7-17(19)32-13-14-4-3-9-26(12-14)22(27)15-5-1-8-18-20(15)31-11-10-30-18/h1-2,5-8,14,24,28-29H,3-4,9-13H2,(H2,23,25)/t14-/m0/s1. The summed E-state index contributed by atoms with van der Waals surface area (Å²) in [5.41, 5.74) is 7.44. The van der Waals surface area contributed by atoms with Crippen LogP contribution in [0.15, 0.2) is 40.8 Å². The zero-order valence-electron chi connectivity index (χ0n) is 17.9. The Morgan fingerprint density at radius 3 is 2.94 bits per heavy atom. The third kappa shape index (κ3) is 4.39. The fourth-order valence-electron chi connectivity index (χ4n) is 4.36. The second-order valence-electron chi connectivity index (χ2n) is 8.18. The van der Waals surface area contributed by atoms with Crippen molar-refractivity contribution in [2.45, 2.75) is 12.8 Å². The Kier molecular flexibility index (Phi) is 5.69. The maximum atomic E-state index is 13.3. The van der Waals surface area contributed by atoms with E-state index in [4.69, 9.17) is 19.9 Å². The summed E-state index contributed by atoms with van der Waals surface area (Å²) in [5, 5.41) is 0. The van der Waals surface area contributed by atoms with Gasteiger partial charge in [0.15, 0.2) is 17.3 Å². The number of hydrogen-bond acceptors (Lipinski definition) is 9. The van der Waals surface area contributed by atoms with Gasteiger partial charge in [0, 0.05) is 19.0 Å². The number of para-hydroxylation sites is 1. The van der Waals surface area contributed by atoms with Crippen molar-refractivity contribution in [3.63, 3.8) is 0 Å². The molecule has 5 N–H and O–H groups in total. The number of amides is 1. The van der Waals surface area contributed by atoms with Gasteiger partial charge in [-0.15, -0.1) is 4.40 Å². The third-order valence-electron chi connectivity index (χ3n) is 5.83. The maximum absolute atomic E-state index is 13.3. The number of piperidine rings is 1. The second-order valence-corrected chi connectivity index (χ2v) is 9.60. The average Bonchev–Trinajstić information content (AvgIpc) is 2.81. The number of rotatable bonds is 4. The lowest BCUT2D eigenvalue weighted by atomic mass is 9.98. The summed E-state index contributed by atoms with van der Waals surface area (Å²) in [7, 11) is -3.35. The van der Waals surface area contributed by atoms with Gasteiger partial charge in [-0.3, -0.25) is 18.6 Å². The highest BCUT2D eigenvalue weighted by Crippen LogP contribution is 2.47. The number of ether oxygens (including phenoxy) is 3. The van der Waals surface area contributed by atoms with Crippen molar-refractivity contribution < 1.29 is 28.1 Å². The number of nitrogens with zero attached hydrogens (tertiary/aromatic N) is 2. The normalized spacial score (nSPS) is 21.8. The van der Waals surface area contributed by atoms with Gasteiger partial charge < -0.3 is 24.8 Å². The maximum Gasteiger partial charge on any atom is 0.257 e. The minimum absolute atomic E-state index is 0.0101. The van der Waals surface area contributed by atoms with E-state index in [9.17, 15) is 13.9 Å². The number of amidine groups is 1. The average molecular weight is 475 g/mol. The molecule has 0 saturated carbocycles. The zero-order chi connectivity index (χ0) is 23.0. The van der Waals surface area contributed by atoms with Crippen LogP contribution in [-0.2, 0) is 0 Å². The van der Waals surface area contributed by atoms with Gasteiger partial charge in [-0.2, -0.15) is 0 Å². The Bertz CT molecular complexity index is 1110. The number of anilines is 1. The predicted octanol–water partition coefficient (Wildman–Crippen LogP) is 3.10. The van der Waals surface area contributed by atoms with Crippen molar-refractivity contribution in [1.82, 2.24) is 4.90 Å². The van der Waals surface area contributed by atoms with Crippen LogP contribution in [0.2, 0.25) is 0 Å². The molecule has 33 heavy (non-hydrogen) atoms. The second kappa shape index (κ2) is 8.65. The molecule has 176 valence electrons. The zero-order valence-corrected chi connectivity index (χ0v) is 18.7. The molecule has 0 aliphatic carbocycles. The minimum Gasteiger partial charge on any atom is -0.492 e. The Morgan fingerprint density at radius 2 is 2.06 bits per heavy atom.